The zero-order chi connectivity index (χ0) is 21.1. The second-order valence-electron chi connectivity index (χ2n) is 8.30. The van der Waals surface area contributed by atoms with E-state index < -0.39 is 0 Å². The number of aryl methyl sites for hydroxylation is 1. The van der Waals surface area contributed by atoms with E-state index in [1.807, 2.05) is 11.8 Å². The summed E-state index contributed by atoms with van der Waals surface area (Å²) >= 11 is 0. The van der Waals surface area contributed by atoms with Gasteiger partial charge >= 0.3 is 0 Å². The van der Waals surface area contributed by atoms with Crippen LogP contribution in [0.2, 0.25) is 0 Å². The summed E-state index contributed by atoms with van der Waals surface area (Å²) in [4.78, 5) is 30.7. The Morgan fingerprint density at radius 1 is 1.17 bits per heavy atom. The number of ether oxygens (including phenoxy) is 1. The Bertz CT molecular complexity index is 856. The van der Waals surface area contributed by atoms with Crippen molar-refractivity contribution in [2.75, 3.05) is 44.3 Å². The van der Waals surface area contributed by atoms with Crippen LogP contribution in [0.25, 0.3) is 0 Å². The summed E-state index contributed by atoms with van der Waals surface area (Å²) in [7, 11) is 0. The molecule has 9 heteroatoms. The number of rotatable bonds is 5. The Balaban J connectivity index is 1.39. The molecule has 1 unspecified atom stereocenters. The number of hydrogen-bond acceptors (Lipinski definition) is 7. The van der Waals surface area contributed by atoms with Crippen LogP contribution in [0, 0.1) is 13.8 Å². The van der Waals surface area contributed by atoms with Gasteiger partial charge in [0, 0.05) is 49.8 Å². The smallest absolute Gasteiger partial charge is 0.224 e. The van der Waals surface area contributed by atoms with E-state index in [0.717, 1.165) is 75.1 Å². The van der Waals surface area contributed by atoms with Gasteiger partial charge in [-0.1, -0.05) is 0 Å². The van der Waals surface area contributed by atoms with Gasteiger partial charge in [0.2, 0.25) is 5.91 Å². The highest BCUT2D eigenvalue weighted by Crippen LogP contribution is 2.30. The summed E-state index contributed by atoms with van der Waals surface area (Å²) in [5.74, 6) is 2.43. The predicted octanol–water partition coefficient (Wildman–Crippen LogP) is 1.88. The Morgan fingerprint density at radius 3 is 2.57 bits per heavy atom. The largest absolute Gasteiger partial charge is 0.378 e. The average Bonchev–Trinajstić information content (AvgIpc) is 3.31. The molecule has 2 aliphatic rings. The van der Waals surface area contributed by atoms with Gasteiger partial charge in [-0.15, -0.1) is 0 Å². The van der Waals surface area contributed by atoms with Gasteiger partial charge in [-0.3, -0.25) is 4.79 Å². The van der Waals surface area contributed by atoms with Gasteiger partial charge in [-0.2, -0.15) is 5.10 Å². The van der Waals surface area contributed by atoms with Crippen LogP contribution in [0.15, 0.2) is 12.7 Å². The number of morpholine rings is 1. The lowest BCUT2D eigenvalue weighted by atomic mass is 9.95. The topological polar surface area (TPSA) is 89.3 Å². The Hall–Kier alpha value is -2.55. The molecule has 2 aromatic rings. The Kier molecular flexibility index (Phi) is 6.26. The maximum Gasteiger partial charge on any atom is 0.224 e. The van der Waals surface area contributed by atoms with Crippen molar-refractivity contribution >= 4 is 11.7 Å². The molecular formula is C21H31N7O2. The lowest BCUT2D eigenvalue weighted by Crippen LogP contribution is -2.39. The SMILES string of the molecule is Cc1nc(C2CCN(C(=O)CC(C)n3cncn3)CC2)nc(N2CCOCC2)c1C. The van der Waals surface area contributed by atoms with E-state index in [0.29, 0.717) is 12.3 Å². The molecule has 2 aliphatic heterocycles. The van der Waals surface area contributed by atoms with Gasteiger partial charge in [0.1, 0.15) is 24.3 Å². The van der Waals surface area contributed by atoms with Crippen LogP contribution in [0.1, 0.15) is 55.2 Å². The lowest BCUT2D eigenvalue weighted by molar-refractivity contribution is -0.133. The maximum atomic E-state index is 12.7. The normalized spacial score (nSPS) is 19.2. The molecule has 162 valence electrons. The number of anilines is 1. The summed E-state index contributed by atoms with van der Waals surface area (Å²) in [6.07, 6.45) is 5.40. The first-order valence-corrected chi connectivity index (χ1v) is 10.8. The number of nitrogens with zero attached hydrogens (tertiary/aromatic N) is 7. The molecule has 4 heterocycles. The van der Waals surface area contributed by atoms with E-state index in [2.05, 4.69) is 28.8 Å². The van der Waals surface area contributed by atoms with E-state index in [9.17, 15) is 4.79 Å². The van der Waals surface area contributed by atoms with Crippen LogP contribution < -0.4 is 4.90 Å². The molecule has 9 nitrogen and oxygen atoms in total. The van der Waals surface area contributed by atoms with Crippen LogP contribution in [0.5, 0.6) is 0 Å². The molecule has 0 aromatic carbocycles. The number of carbonyl (C=O) groups excluding carboxylic acids is 1. The van der Waals surface area contributed by atoms with Crippen molar-refractivity contribution in [2.45, 2.75) is 52.0 Å². The maximum absolute atomic E-state index is 12.7. The third kappa shape index (κ3) is 4.45. The molecule has 0 N–H and O–H groups in total. The van der Waals surface area contributed by atoms with Crippen molar-refractivity contribution in [2.24, 2.45) is 0 Å². The predicted molar refractivity (Wildman–Crippen MR) is 112 cm³/mol. The molecule has 1 amide bonds. The van der Waals surface area contributed by atoms with Gasteiger partial charge < -0.3 is 14.5 Å². The summed E-state index contributed by atoms with van der Waals surface area (Å²) in [6, 6.07) is 0.0110. The molecule has 1 atom stereocenters. The Morgan fingerprint density at radius 2 is 1.90 bits per heavy atom. The first-order chi connectivity index (χ1) is 14.5. The highest BCUT2D eigenvalue weighted by molar-refractivity contribution is 5.76. The van der Waals surface area contributed by atoms with Gasteiger partial charge in [0.25, 0.3) is 0 Å². The molecule has 0 aliphatic carbocycles. The van der Waals surface area contributed by atoms with Crippen LogP contribution in [0.4, 0.5) is 5.82 Å². The van der Waals surface area contributed by atoms with Crippen molar-refractivity contribution < 1.29 is 9.53 Å². The molecule has 0 bridgehead atoms. The molecule has 2 aromatic heterocycles. The Labute approximate surface area is 177 Å². The standard InChI is InChI=1S/C21H31N7O2/c1-15(28-14-22-13-23-28)12-19(29)26-6-4-18(5-7-26)20-24-17(3)16(2)21(25-20)27-8-10-30-11-9-27/h13-15,18H,4-12H2,1-3H3. The fourth-order valence-electron chi connectivity index (χ4n) is 4.21. The summed E-state index contributed by atoms with van der Waals surface area (Å²) in [5.41, 5.74) is 2.19. The monoisotopic (exact) mass is 413 g/mol. The highest BCUT2D eigenvalue weighted by Gasteiger charge is 2.28. The zero-order valence-corrected chi connectivity index (χ0v) is 18.1. The van der Waals surface area contributed by atoms with Crippen LogP contribution in [0.3, 0.4) is 0 Å². The first kappa shape index (κ1) is 20.7. The van der Waals surface area contributed by atoms with E-state index in [-0.39, 0.29) is 11.9 Å². The minimum Gasteiger partial charge on any atom is -0.378 e. The molecule has 0 spiro atoms. The van der Waals surface area contributed by atoms with Crippen molar-refractivity contribution in [3.8, 4) is 0 Å². The van der Waals surface area contributed by atoms with E-state index >= 15 is 0 Å². The number of aromatic nitrogens is 5. The minimum absolute atomic E-state index is 0.0110. The number of carbonyl (C=O) groups is 1. The quantitative estimate of drug-likeness (QED) is 0.739. The first-order valence-electron chi connectivity index (χ1n) is 10.8. The fraction of sp³-hybridized carbons (Fsp3) is 0.667. The van der Waals surface area contributed by atoms with E-state index in [1.165, 1.54) is 6.33 Å². The van der Waals surface area contributed by atoms with E-state index in [4.69, 9.17) is 14.7 Å². The molecule has 2 fully saturated rings. The fourth-order valence-corrected chi connectivity index (χ4v) is 4.21. The third-order valence-electron chi connectivity index (χ3n) is 6.26. The van der Waals surface area contributed by atoms with Crippen molar-refractivity contribution in [3.05, 3.63) is 29.7 Å². The number of amides is 1. The van der Waals surface area contributed by atoms with Crippen molar-refractivity contribution in [1.29, 1.82) is 0 Å². The minimum atomic E-state index is 0.0110. The van der Waals surface area contributed by atoms with Gasteiger partial charge in [-0.05, 0) is 33.6 Å². The molecule has 2 saturated heterocycles. The second kappa shape index (κ2) is 9.07. The molecular weight excluding hydrogens is 382 g/mol. The summed E-state index contributed by atoms with van der Waals surface area (Å²) in [6.45, 7) is 10.9. The van der Waals surface area contributed by atoms with Crippen LogP contribution in [-0.2, 0) is 9.53 Å². The van der Waals surface area contributed by atoms with Crippen LogP contribution in [-0.4, -0.2) is 74.9 Å². The third-order valence-corrected chi connectivity index (χ3v) is 6.26. The summed E-state index contributed by atoms with van der Waals surface area (Å²) in [5, 5.41) is 4.13. The summed E-state index contributed by atoms with van der Waals surface area (Å²) < 4.78 is 7.23. The number of likely N-dealkylation sites (tertiary alicyclic amines) is 1. The van der Waals surface area contributed by atoms with Gasteiger partial charge in [0.15, 0.2) is 0 Å². The average molecular weight is 414 g/mol. The highest BCUT2D eigenvalue weighted by atomic mass is 16.5. The van der Waals surface area contributed by atoms with Gasteiger partial charge in [-0.25, -0.2) is 19.6 Å². The van der Waals surface area contributed by atoms with Gasteiger partial charge in [0.05, 0.1) is 19.3 Å². The second-order valence-corrected chi connectivity index (χ2v) is 8.30. The zero-order valence-electron chi connectivity index (χ0n) is 18.1. The molecule has 0 radical (unpaired) electrons. The number of piperidine rings is 1. The van der Waals surface area contributed by atoms with E-state index in [1.54, 1.807) is 11.0 Å². The molecule has 4 rings (SSSR count). The molecule has 0 saturated carbocycles. The van der Waals surface area contributed by atoms with Crippen LogP contribution >= 0.6 is 0 Å². The van der Waals surface area contributed by atoms with Crippen molar-refractivity contribution in [1.82, 2.24) is 29.6 Å². The van der Waals surface area contributed by atoms with Crippen molar-refractivity contribution in [3.63, 3.8) is 0 Å². The molecule has 30 heavy (non-hydrogen) atoms. The lowest BCUT2D eigenvalue weighted by Gasteiger charge is -2.33. The number of hydrogen-bond donors (Lipinski definition) is 0.